The van der Waals surface area contributed by atoms with Crippen molar-refractivity contribution in [3.8, 4) is 0 Å². The maximum absolute atomic E-state index is 11.7. The first-order valence-electron chi connectivity index (χ1n) is 8.39. The van der Waals surface area contributed by atoms with Gasteiger partial charge in [0.1, 0.15) is 12.6 Å². The van der Waals surface area contributed by atoms with Crippen molar-refractivity contribution in [1.82, 2.24) is 0 Å². The lowest BCUT2D eigenvalue weighted by Gasteiger charge is -2.29. The Morgan fingerprint density at radius 3 is 2.64 bits per heavy atom. The zero-order valence-corrected chi connectivity index (χ0v) is 14.5. The highest BCUT2D eigenvalue weighted by atomic mass is 16.1. The molecule has 1 aliphatic carbocycles. The maximum atomic E-state index is 11.7. The van der Waals surface area contributed by atoms with Gasteiger partial charge in [-0.05, 0) is 70.3 Å². The number of rotatable bonds is 6. The minimum absolute atomic E-state index is 0.251. The van der Waals surface area contributed by atoms with Gasteiger partial charge in [0.15, 0.2) is 0 Å². The lowest BCUT2D eigenvalue weighted by Crippen LogP contribution is -2.25. The molecule has 1 rings (SSSR count). The Kier molecular flexibility index (Phi) is 8.08. The summed E-state index contributed by atoms with van der Waals surface area (Å²) in [5, 5.41) is 0. The van der Waals surface area contributed by atoms with Crippen molar-refractivity contribution in [2.24, 2.45) is 17.8 Å². The third kappa shape index (κ3) is 5.75. The van der Waals surface area contributed by atoms with E-state index in [2.05, 4.69) is 39.8 Å². The van der Waals surface area contributed by atoms with Gasteiger partial charge >= 0.3 is 0 Å². The van der Waals surface area contributed by atoms with Gasteiger partial charge in [0.25, 0.3) is 0 Å². The molecule has 0 aromatic carbocycles. The number of hydrogen-bond acceptors (Lipinski definition) is 2. The summed E-state index contributed by atoms with van der Waals surface area (Å²) >= 11 is 0. The molecule has 0 radical (unpaired) electrons. The van der Waals surface area contributed by atoms with Crippen molar-refractivity contribution in [1.29, 1.82) is 0 Å². The van der Waals surface area contributed by atoms with Crippen molar-refractivity contribution < 1.29 is 9.59 Å². The molecular formula is C20H30O2. The van der Waals surface area contributed by atoms with E-state index in [0.29, 0.717) is 11.5 Å². The molecule has 0 fully saturated rings. The number of aldehydes is 2. The second kappa shape index (κ2) is 9.55. The number of allylic oxidation sites excluding steroid dienone is 6. The van der Waals surface area contributed by atoms with Crippen molar-refractivity contribution in [3.05, 3.63) is 34.9 Å². The Balaban J connectivity index is 2.93. The summed E-state index contributed by atoms with van der Waals surface area (Å²) in [6.45, 7) is 8.58. The van der Waals surface area contributed by atoms with Crippen LogP contribution in [0.25, 0.3) is 0 Å². The molecule has 0 unspecified atom stereocenters. The Bertz CT molecular complexity index is 464. The van der Waals surface area contributed by atoms with Gasteiger partial charge in [0, 0.05) is 5.92 Å². The lowest BCUT2D eigenvalue weighted by molar-refractivity contribution is -0.114. The fraction of sp³-hybridized carbons (Fsp3) is 0.600. The molecule has 3 atom stereocenters. The molecule has 122 valence electrons. The van der Waals surface area contributed by atoms with E-state index in [-0.39, 0.29) is 11.8 Å². The second-order valence-corrected chi connectivity index (χ2v) is 6.81. The molecule has 0 aromatic rings. The molecule has 0 spiro atoms. The smallest absolute Gasteiger partial charge is 0.146 e. The first kappa shape index (κ1) is 18.6. The van der Waals surface area contributed by atoms with E-state index in [4.69, 9.17) is 0 Å². The minimum atomic E-state index is -0.251. The summed E-state index contributed by atoms with van der Waals surface area (Å²) in [6, 6.07) is 0. The molecule has 0 aromatic heterocycles. The molecule has 0 N–H and O–H groups in total. The van der Waals surface area contributed by atoms with E-state index in [1.165, 1.54) is 11.1 Å². The van der Waals surface area contributed by atoms with Crippen LogP contribution in [0.3, 0.4) is 0 Å². The first-order valence-corrected chi connectivity index (χ1v) is 8.39. The molecule has 0 saturated heterocycles. The molecule has 2 heteroatoms. The van der Waals surface area contributed by atoms with Crippen molar-refractivity contribution >= 4 is 12.6 Å². The normalized spacial score (nSPS) is 28.7. The van der Waals surface area contributed by atoms with E-state index in [1.54, 1.807) is 0 Å². The Labute approximate surface area is 135 Å². The van der Waals surface area contributed by atoms with Crippen LogP contribution in [0.2, 0.25) is 0 Å². The topological polar surface area (TPSA) is 34.1 Å². The van der Waals surface area contributed by atoms with E-state index >= 15 is 0 Å². The van der Waals surface area contributed by atoms with Crippen LogP contribution in [0.4, 0.5) is 0 Å². The van der Waals surface area contributed by atoms with Crippen LogP contribution in [0.1, 0.15) is 59.8 Å². The van der Waals surface area contributed by atoms with Gasteiger partial charge in [-0.3, -0.25) is 4.79 Å². The minimum Gasteiger partial charge on any atom is -0.303 e. The van der Waals surface area contributed by atoms with Crippen molar-refractivity contribution in [3.63, 3.8) is 0 Å². The van der Waals surface area contributed by atoms with E-state index in [1.807, 2.05) is 6.08 Å². The molecular weight excluding hydrogens is 272 g/mol. The zero-order chi connectivity index (χ0) is 16.5. The van der Waals surface area contributed by atoms with Crippen LogP contribution < -0.4 is 0 Å². The summed E-state index contributed by atoms with van der Waals surface area (Å²) in [5.74, 6) is 0.430. The molecule has 1 aliphatic rings. The SMILES string of the molecule is CC(C)=CCC[C@@H](C)[C@@H]1CC/C(C)=C/C/C=C(/C=O)[C@H]1C=O. The van der Waals surface area contributed by atoms with Gasteiger partial charge in [-0.25, -0.2) is 0 Å². The van der Waals surface area contributed by atoms with Crippen LogP contribution in [-0.2, 0) is 9.59 Å². The lowest BCUT2D eigenvalue weighted by atomic mass is 9.75. The van der Waals surface area contributed by atoms with Crippen LogP contribution in [-0.4, -0.2) is 12.6 Å². The third-order valence-electron chi connectivity index (χ3n) is 4.73. The zero-order valence-electron chi connectivity index (χ0n) is 14.5. The maximum Gasteiger partial charge on any atom is 0.146 e. The molecule has 0 bridgehead atoms. The van der Waals surface area contributed by atoms with Gasteiger partial charge in [0.05, 0.1) is 0 Å². The number of carbonyl (C=O) groups excluding carboxylic acids is 2. The molecule has 0 heterocycles. The quantitative estimate of drug-likeness (QED) is 0.508. The summed E-state index contributed by atoms with van der Waals surface area (Å²) in [6.07, 6.45) is 13.1. The summed E-state index contributed by atoms with van der Waals surface area (Å²) in [7, 11) is 0. The summed E-state index contributed by atoms with van der Waals surface area (Å²) in [4.78, 5) is 23.1. The predicted molar refractivity (Wildman–Crippen MR) is 92.6 cm³/mol. The Morgan fingerprint density at radius 1 is 1.32 bits per heavy atom. The standard InChI is InChI=1S/C20H30O2/c1-15(2)7-5-9-17(4)19-12-11-16(3)8-6-10-18(13-21)20(19)14-22/h7-8,10,13-14,17,19-20H,5-6,9,11-12H2,1-4H3/b16-8+,18-10-/t17-,19+,20-/m1/s1. The highest BCUT2D eigenvalue weighted by molar-refractivity contribution is 5.81. The summed E-state index contributed by atoms with van der Waals surface area (Å²) in [5.41, 5.74) is 3.36. The largest absolute Gasteiger partial charge is 0.303 e. The van der Waals surface area contributed by atoms with E-state index in [9.17, 15) is 9.59 Å². The van der Waals surface area contributed by atoms with Gasteiger partial charge in [-0.2, -0.15) is 0 Å². The highest BCUT2D eigenvalue weighted by Gasteiger charge is 2.29. The average molecular weight is 302 g/mol. The van der Waals surface area contributed by atoms with Crippen molar-refractivity contribution in [2.45, 2.75) is 59.8 Å². The highest BCUT2D eigenvalue weighted by Crippen LogP contribution is 2.34. The monoisotopic (exact) mass is 302 g/mol. The van der Waals surface area contributed by atoms with Crippen LogP contribution in [0.15, 0.2) is 34.9 Å². The van der Waals surface area contributed by atoms with E-state index < -0.39 is 0 Å². The van der Waals surface area contributed by atoms with Crippen LogP contribution >= 0.6 is 0 Å². The summed E-state index contributed by atoms with van der Waals surface area (Å²) < 4.78 is 0. The van der Waals surface area contributed by atoms with E-state index in [0.717, 1.165) is 44.7 Å². The fourth-order valence-corrected chi connectivity index (χ4v) is 3.25. The molecule has 0 saturated carbocycles. The predicted octanol–water partition coefficient (Wildman–Crippen LogP) is 5.06. The molecule has 2 nitrogen and oxygen atoms in total. The Hall–Kier alpha value is -1.44. The van der Waals surface area contributed by atoms with Gasteiger partial charge in [0.2, 0.25) is 0 Å². The number of hydrogen-bond donors (Lipinski definition) is 0. The average Bonchev–Trinajstić information content (AvgIpc) is 2.55. The van der Waals surface area contributed by atoms with Crippen molar-refractivity contribution in [2.75, 3.05) is 0 Å². The van der Waals surface area contributed by atoms with Gasteiger partial charge < -0.3 is 4.79 Å². The Morgan fingerprint density at radius 2 is 2.05 bits per heavy atom. The van der Waals surface area contributed by atoms with Gasteiger partial charge in [-0.15, -0.1) is 0 Å². The first-order chi connectivity index (χ1) is 10.5. The molecule has 0 aliphatic heterocycles. The van der Waals surface area contributed by atoms with Gasteiger partial charge in [-0.1, -0.05) is 36.3 Å². The number of carbonyl (C=O) groups is 2. The van der Waals surface area contributed by atoms with Crippen LogP contribution in [0, 0.1) is 17.8 Å². The van der Waals surface area contributed by atoms with Crippen LogP contribution in [0.5, 0.6) is 0 Å². The second-order valence-electron chi connectivity index (χ2n) is 6.81. The molecule has 0 amide bonds. The third-order valence-corrected chi connectivity index (χ3v) is 4.73. The molecule has 22 heavy (non-hydrogen) atoms. The fourth-order valence-electron chi connectivity index (χ4n) is 3.25.